The number of aromatic nitrogens is 2. The number of carboxylic acids is 1. The van der Waals surface area contributed by atoms with Crippen LogP contribution in [-0.2, 0) is 16.0 Å². The minimum atomic E-state index is -1.16. The summed E-state index contributed by atoms with van der Waals surface area (Å²) in [6.45, 7) is 1.18. The van der Waals surface area contributed by atoms with E-state index in [1.807, 2.05) is 0 Å². The van der Waals surface area contributed by atoms with Crippen LogP contribution in [0.15, 0.2) is 12.5 Å². The van der Waals surface area contributed by atoms with Crippen LogP contribution in [0.25, 0.3) is 0 Å². The van der Waals surface area contributed by atoms with Crippen molar-refractivity contribution in [2.24, 2.45) is 0 Å². The van der Waals surface area contributed by atoms with Gasteiger partial charge in [-0.2, -0.15) is 0 Å². The average molecular weight is 254 g/mol. The molecule has 4 N–H and O–H groups in total. The van der Waals surface area contributed by atoms with Gasteiger partial charge in [-0.15, -0.1) is 0 Å². The number of nitrogens with one attached hydrogen (secondary N) is 3. The fraction of sp³-hybridized carbons (Fsp3) is 0.400. The Balaban J connectivity index is 2.50. The molecule has 8 nitrogen and oxygen atoms in total. The van der Waals surface area contributed by atoms with Crippen LogP contribution in [0.3, 0.4) is 0 Å². The molecule has 1 rings (SSSR count). The van der Waals surface area contributed by atoms with Crippen molar-refractivity contribution < 1.29 is 19.5 Å². The first-order chi connectivity index (χ1) is 8.49. The molecule has 0 bridgehead atoms. The van der Waals surface area contributed by atoms with E-state index in [0.29, 0.717) is 5.69 Å². The maximum absolute atomic E-state index is 11.3. The van der Waals surface area contributed by atoms with Crippen molar-refractivity contribution >= 4 is 17.8 Å². The molecule has 1 aromatic heterocycles. The zero-order chi connectivity index (χ0) is 13.5. The highest BCUT2D eigenvalue weighted by molar-refractivity contribution is 5.86. The number of nitrogens with zero attached hydrogens (tertiary/aromatic N) is 1. The topological polar surface area (TPSA) is 124 Å². The van der Waals surface area contributed by atoms with Crippen molar-refractivity contribution in [3.8, 4) is 0 Å². The van der Waals surface area contributed by atoms with Crippen molar-refractivity contribution in [2.75, 3.05) is 6.54 Å². The molecule has 0 fully saturated rings. The standard InChI is InChI=1S/C10H14N4O4/c1-6(15)3-12-10(18)14-8(9(16)17)2-7-4-11-5-13-7/h4-5,8H,2-3H2,1H3,(H,11,13)(H,16,17)(H2,12,14,18). The van der Waals surface area contributed by atoms with Gasteiger partial charge >= 0.3 is 12.0 Å². The highest BCUT2D eigenvalue weighted by atomic mass is 16.4. The van der Waals surface area contributed by atoms with Gasteiger partial charge in [0, 0.05) is 18.3 Å². The lowest BCUT2D eigenvalue weighted by Gasteiger charge is -2.13. The first kappa shape index (κ1) is 13.7. The lowest BCUT2D eigenvalue weighted by Crippen LogP contribution is -2.48. The Morgan fingerprint density at radius 1 is 1.50 bits per heavy atom. The molecule has 0 aromatic carbocycles. The van der Waals surface area contributed by atoms with E-state index >= 15 is 0 Å². The third-order valence-corrected chi connectivity index (χ3v) is 2.08. The molecule has 2 amide bonds. The van der Waals surface area contributed by atoms with Crippen LogP contribution in [0.1, 0.15) is 12.6 Å². The summed E-state index contributed by atoms with van der Waals surface area (Å²) in [7, 11) is 0. The number of carboxylic acid groups (broad SMARTS) is 1. The van der Waals surface area contributed by atoms with Crippen molar-refractivity contribution in [1.29, 1.82) is 0 Å². The Morgan fingerprint density at radius 2 is 2.22 bits per heavy atom. The fourth-order valence-corrected chi connectivity index (χ4v) is 1.23. The number of aliphatic carboxylic acids is 1. The van der Waals surface area contributed by atoms with Crippen molar-refractivity contribution in [3.63, 3.8) is 0 Å². The van der Waals surface area contributed by atoms with Gasteiger partial charge in [-0.25, -0.2) is 14.6 Å². The Bertz CT molecular complexity index is 429. The van der Waals surface area contributed by atoms with E-state index in [0.717, 1.165) is 0 Å². The van der Waals surface area contributed by atoms with Crippen LogP contribution in [0.2, 0.25) is 0 Å². The van der Waals surface area contributed by atoms with Gasteiger partial charge in [0.1, 0.15) is 11.8 Å². The SMILES string of the molecule is CC(=O)CNC(=O)NC(Cc1cnc[nH]1)C(=O)O. The quantitative estimate of drug-likeness (QED) is 0.534. The Morgan fingerprint density at radius 3 is 2.72 bits per heavy atom. The van der Waals surface area contributed by atoms with E-state index in [9.17, 15) is 14.4 Å². The van der Waals surface area contributed by atoms with Gasteiger partial charge < -0.3 is 20.7 Å². The van der Waals surface area contributed by atoms with Crippen LogP contribution in [-0.4, -0.2) is 45.4 Å². The van der Waals surface area contributed by atoms with Crippen LogP contribution in [0.5, 0.6) is 0 Å². The van der Waals surface area contributed by atoms with Crippen LogP contribution in [0.4, 0.5) is 4.79 Å². The zero-order valence-corrected chi connectivity index (χ0v) is 9.77. The van der Waals surface area contributed by atoms with Crippen LogP contribution < -0.4 is 10.6 Å². The van der Waals surface area contributed by atoms with Gasteiger partial charge in [0.05, 0.1) is 12.9 Å². The molecule has 0 saturated heterocycles. The highest BCUT2D eigenvalue weighted by Crippen LogP contribution is 1.98. The molecule has 0 aliphatic heterocycles. The maximum atomic E-state index is 11.3. The second kappa shape index (κ2) is 6.38. The molecule has 0 aliphatic rings. The number of H-pyrrole nitrogens is 1. The number of hydrogen-bond donors (Lipinski definition) is 4. The number of amides is 2. The summed E-state index contributed by atoms with van der Waals surface area (Å²) in [6, 6.07) is -1.78. The molecule has 0 radical (unpaired) electrons. The van der Waals surface area contributed by atoms with Gasteiger partial charge in [-0.3, -0.25) is 4.79 Å². The second-order valence-corrected chi connectivity index (χ2v) is 3.70. The molecule has 1 atom stereocenters. The number of urea groups is 1. The number of carbonyl (C=O) groups excluding carboxylic acids is 2. The summed E-state index contributed by atoms with van der Waals surface area (Å²) < 4.78 is 0. The van der Waals surface area contributed by atoms with E-state index in [4.69, 9.17) is 5.11 Å². The summed E-state index contributed by atoms with van der Waals surface area (Å²) in [5, 5.41) is 13.5. The molecule has 98 valence electrons. The second-order valence-electron chi connectivity index (χ2n) is 3.70. The number of imidazole rings is 1. The van der Waals surface area contributed by atoms with Crippen molar-refractivity contribution in [3.05, 3.63) is 18.2 Å². The zero-order valence-electron chi connectivity index (χ0n) is 9.77. The Kier molecular flexibility index (Phi) is 4.85. The van der Waals surface area contributed by atoms with E-state index in [-0.39, 0.29) is 18.7 Å². The molecule has 18 heavy (non-hydrogen) atoms. The van der Waals surface area contributed by atoms with Gasteiger partial charge in [-0.05, 0) is 6.92 Å². The minimum Gasteiger partial charge on any atom is -0.480 e. The molecule has 1 aromatic rings. The fourth-order valence-electron chi connectivity index (χ4n) is 1.23. The lowest BCUT2D eigenvalue weighted by molar-refractivity contribution is -0.139. The molecule has 0 saturated carbocycles. The summed E-state index contributed by atoms with van der Waals surface area (Å²) in [6.07, 6.45) is 2.98. The predicted octanol–water partition coefficient (Wildman–Crippen LogP) is -0.706. The number of ketones is 1. The smallest absolute Gasteiger partial charge is 0.326 e. The van der Waals surface area contributed by atoms with Crippen molar-refractivity contribution in [2.45, 2.75) is 19.4 Å². The summed E-state index contributed by atoms with van der Waals surface area (Å²) in [5.74, 6) is -1.38. The molecular formula is C10H14N4O4. The molecule has 1 heterocycles. The predicted molar refractivity (Wildman–Crippen MR) is 60.9 cm³/mol. The number of carbonyl (C=O) groups is 3. The first-order valence-electron chi connectivity index (χ1n) is 5.23. The van der Waals surface area contributed by atoms with Crippen LogP contribution >= 0.6 is 0 Å². The normalized spacial score (nSPS) is 11.6. The summed E-state index contributed by atoms with van der Waals surface area (Å²) >= 11 is 0. The van der Waals surface area contributed by atoms with Gasteiger partial charge in [0.15, 0.2) is 0 Å². The van der Waals surface area contributed by atoms with E-state index in [1.54, 1.807) is 0 Å². The number of hydrogen-bond acceptors (Lipinski definition) is 4. The minimum absolute atomic E-state index is 0.0861. The highest BCUT2D eigenvalue weighted by Gasteiger charge is 2.20. The third-order valence-electron chi connectivity index (χ3n) is 2.08. The molecule has 0 aliphatic carbocycles. The van der Waals surface area contributed by atoms with E-state index in [2.05, 4.69) is 20.6 Å². The van der Waals surface area contributed by atoms with Crippen molar-refractivity contribution in [1.82, 2.24) is 20.6 Å². The van der Waals surface area contributed by atoms with Gasteiger partial charge in [0.2, 0.25) is 0 Å². The average Bonchev–Trinajstić information content (AvgIpc) is 2.78. The number of rotatable bonds is 6. The molecule has 1 unspecified atom stereocenters. The Labute approximate surface area is 103 Å². The number of Topliss-reactive ketones (excluding diaryl/α,β-unsaturated/α-hetero) is 1. The summed E-state index contributed by atoms with van der Waals surface area (Å²) in [5.41, 5.74) is 0.592. The summed E-state index contributed by atoms with van der Waals surface area (Å²) in [4.78, 5) is 39.4. The number of aromatic amines is 1. The molecular weight excluding hydrogens is 240 g/mol. The largest absolute Gasteiger partial charge is 0.480 e. The third kappa shape index (κ3) is 4.64. The van der Waals surface area contributed by atoms with E-state index in [1.165, 1.54) is 19.4 Å². The molecule has 8 heteroatoms. The van der Waals surface area contributed by atoms with Crippen LogP contribution in [0, 0.1) is 0 Å². The Hall–Kier alpha value is -2.38. The maximum Gasteiger partial charge on any atom is 0.326 e. The van der Waals surface area contributed by atoms with Gasteiger partial charge in [-0.1, -0.05) is 0 Å². The molecule has 0 spiro atoms. The van der Waals surface area contributed by atoms with E-state index < -0.39 is 18.0 Å². The lowest BCUT2D eigenvalue weighted by atomic mass is 10.2. The first-order valence-corrected chi connectivity index (χ1v) is 5.23. The monoisotopic (exact) mass is 254 g/mol. The van der Waals surface area contributed by atoms with Gasteiger partial charge in [0.25, 0.3) is 0 Å².